The summed E-state index contributed by atoms with van der Waals surface area (Å²) >= 11 is 0. The van der Waals surface area contributed by atoms with Crippen LogP contribution in [-0.4, -0.2) is 0 Å². The van der Waals surface area contributed by atoms with Gasteiger partial charge in [0.05, 0.1) is 0 Å². The average Bonchev–Trinajstić information content (AvgIpc) is 2.93. The number of nitrogens with zero attached hydrogens (tertiary/aromatic N) is 2. The third-order valence-electron chi connectivity index (χ3n) is 9.76. The number of hydrogen-bond acceptors (Lipinski definition) is 2. The molecule has 2 heterocycles. The van der Waals surface area contributed by atoms with Gasteiger partial charge in [0.1, 0.15) is 0 Å². The van der Waals surface area contributed by atoms with E-state index in [-0.39, 0.29) is 10.8 Å². The fourth-order valence-electron chi connectivity index (χ4n) is 7.74. The Hall–Kier alpha value is -4.04. The summed E-state index contributed by atoms with van der Waals surface area (Å²) in [4.78, 5) is 5.04. The van der Waals surface area contributed by atoms with Crippen LogP contribution in [-0.2, 0) is 10.8 Å². The fraction of sp³-hybridized carbons (Fsp3) is 0.282. The van der Waals surface area contributed by atoms with E-state index in [1.165, 1.54) is 67.5 Å². The van der Waals surface area contributed by atoms with Gasteiger partial charge in [-0.3, -0.25) is 0 Å². The van der Waals surface area contributed by atoms with E-state index in [2.05, 4.69) is 155 Å². The molecule has 7 rings (SSSR count). The minimum absolute atomic E-state index is 0.0314. The zero-order valence-corrected chi connectivity index (χ0v) is 25.4. The minimum Gasteiger partial charge on any atom is -0.313 e. The number of rotatable bonds is 3. The van der Waals surface area contributed by atoms with E-state index in [4.69, 9.17) is 0 Å². The summed E-state index contributed by atoms with van der Waals surface area (Å²) in [5, 5.41) is 0. The third kappa shape index (κ3) is 3.84. The Balaban J connectivity index is 1.48. The quantitative estimate of drug-likeness (QED) is 0.257. The molecule has 0 fully saturated rings. The van der Waals surface area contributed by atoms with E-state index < -0.39 is 0 Å². The molecule has 2 nitrogen and oxygen atoms in total. The summed E-state index contributed by atoms with van der Waals surface area (Å²) < 4.78 is 0. The van der Waals surface area contributed by atoms with Gasteiger partial charge in [-0.25, -0.2) is 0 Å². The normalized spacial score (nSPS) is 19.4. The molecule has 0 saturated carbocycles. The molecule has 0 radical (unpaired) electrons. The lowest BCUT2D eigenvalue weighted by molar-refractivity contribution is 0.339. The van der Waals surface area contributed by atoms with Crippen molar-refractivity contribution in [1.29, 1.82) is 0 Å². The summed E-state index contributed by atoms with van der Waals surface area (Å²) in [6.45, 7) is 16.3. The smallest absolute Gasteiger partial charge is 0.0499 e. The van der Waals surface area contributed by atoms with Crippen LogP contribution in [0.3, 0.4) is 0 Å². The predicted octanol–water partition coefficient (Wildman–Crippen LogP) is 10.6. The Kier molecular flexibility index (Phi) is 5.67. The zero-order valence-electron chi connectivity index (χ0n) is 25.4. The number of aryl methyl sites for hydroxylation is 3. The lowest BCUT2D eigenvalue weighted by Crippen LogP contribution is -2.47. The first kappa shape index (κ1) is 25.9. The molecule has 2 heteroatoms. The number of benzene rings is 4. The van der Waals surface area contributed by atoms with Gasteiger partial charge in [-0.05, 0) is 109 Å². The van der Waals surface area contributed by atoms with Crippen molar-refractivity contribution in [1.82, 2.24) is 0 Å². The Morgan fingerprint density at radius 1 is 0.659 bits per heavy atom. The van der Waals surface area contributed by atoms with Crippen molar-refractivity contribution in [3.8, 4) is 0 Å². The van der Waals surface area contributed by atoms with Crippen LogP contribution in [0, 0.1) is 26.7 Å². The molecular formula is C39H40N2. The summed E-state index contributed by atoms with van der Waals surface area (Å²) in [5.41, 5.74) is 15.8. The van der Waals surface area contributed by atoms with Crippen LogP contribution in [0.2, 0.25) is 0 Å². The van der Waals surface area contributed by atoms with Crippen LogP contribution < -0.4 is 9.80 Å². The van der Waals surface area contributed by atoms with Crippen molar-refractivity contribution < 1.29 is 0 Å². The second-order valence-electron chi connectivity index (χ2n) is 13.4. The standard InChI is InChI=1S/C39H40N2/c1-25-12-10-13-28(21-25)40(30-22-26(2)20-27(3)23-30)29-18-19-36-34(24-29)39(6,7)33-16-11-15-32-37(33)41(36)35-17-9-8-14-31(35)38(32,4)5/h8-15,17-24,33H,16H2,1-7H3. The molecule has 0 bridgehead atoms. The van der Waals surface area contributed by atoms with E-state index in [1.807, 2.05) is 0 Å². The van der Waals surface area contributed by atoms with Crippen LogP contribution in [0.25, 0.3) is 0 Å². The molecule has 0 saturated heterocycles. The van der Waals surface area contributed by atoms with Crippen molar-refractivity contribution in [3.63, 3.8) is 0 Å². The summed E-state index contributed by atoms with van der Waals surface area (Å²) in [5.74, 6) is 0.409. The third-order valence-corrected chi connectivity index (χ3v) is 9.76. The monoisotopic (exact) mass is 536 g/mol. The molecule has 2 aliphatic heterocycles. The summed E-state index contributed by atoms with van der Waals surface area (Å²) in [7, 11) is 0. The predicted molar refractivity (Wildman–Crippen MR) is 174 cm³/mol. The molecule has 0 aromatic heterocycles. The molecule has 0 spiro atoms. The van der Waals surface area contributed by atoms with E-state index in [0.717, 1.165) is 6.42 Å². The van der Waals surface area contributed by atoms with Crippen LogP contribution in [0.15, 0.2) is 108 Å². The van der Waals surface area contributed by atoms with Crippen molar-refractivity contribution in [2.75, 3.05) is 9.80 Å². The van der Waals surface area contributed by atoms with Crippen LogP contribution in [0.4, 0.5) is 28.4 Å². The molecule has 1 aliphatic carbocycles. The highest BCUT2D eigenvalue weighted by molar-refractivity contribution is 5.86. The van der Waals surface area contributed by atoms with Gasteiger partial charge in [0, 0.05) is 50.9 Å². The molecule has 1 atom stereocenters. The molecule has 41 heavy (non-hydrogen) atoms. The van der Waals surface area contributed by atoms with Gasteiger partial charge in [0.2, 0.25) is 0 Å². The SMILES string of the molecule is Cc1cccc(N(c2cc(C)cc(C)c2)c2ccc3c(c2)C(C)(C)C2CC=CC4=C2N3c2ccccc2C4(C)C)c1. The van der Waals surface area contributed by atoms with E-state index in [9.17, 15) is 0 Å². The van der Waals surface area contributed by atoms with Gasteiger partial charge in [0.25, 0.3) is 0 Å². The largest absolute Gasteiger partial charge is 0.313 e. The molecule has 1 unspecified atom stereocenters. The topological polar surface area (TPSA) is 6.48 Å². The van der Waals surface area contributed by atoms with Gasteiger partial charge in [0.15, 0.2) is 0 Å². The van der Waals surface area contributed by atoms with Crippen LogP contribution in [0.5, 0.6) is 0 Å². The van der Waals surface area contributed by atoms with Gasteiger partial charge in [-0.1, -0.05) is 76.2 Å². The molecular weight excluding hydrogens is 496 g/mol. The molecule has 4 aromatic carbocycles. The van der Waals surface area contributed by atoms with E-state index in [1.54, 1.807) is 0 Å². The summed E-state index contributed by atoms with van der Waals surface area (Å²) in [6.07, 6.45) is 5.88. The highest BCUT2D eigenvalue weighted by Crippen LogP contribution is 2.60. The summed E-state index contributed by atoms with van der Waals surface area (Å²) in [6, 6.07) is 32.0. The van der Waals surface area contributed by atoms with Gasteiger partial charge < -0.3 is 9.80 Å². The lowest BCUT2D eigenvalue weighted by Gasteiger charge is -2.54. The molecule has 206 valence electrons. The van der Waals surface area contributed by atoms with Crippen molar-refractivity contribution in [3.05, 3.63) is 136 Å². The number of allylic oxidation sites excluding steroid dienone is 4. The minimum atomic E-state index is -0.0316. The maximum absolute atomic E-state index is 2.60. The fourth-order valence-corrected chi connectivity index (χ4v) is 7.74. The maximum Gasteiger partial charge on any atom is 0.0499 e. The van der Waals surface area contributed by atoms with E-state index >= 15 is 0 Å². The second-order valence-corrected chi connectivity index (χ2v) is 13.4. The maximum atomic E-state index is 2.60. The Bertz CT molecular complexity index is 1750. The van der Waals surface area contributed by atoms with Gasteiger partial charge in [-0.15, -0.1) is 0 Å². The highest BCUT2D eigenvalue weighted by Gasteiger charge is 2.50. The van der Waals surface area contributed by atoms with Crippen molar-refractivity contribution in [2.45, 2.75) is 65.7 Å². The molecule has 0 amide bonds. The van der Waals surface area contributed by atoms with E-state index in [0.29, 0.717) is 5.92 Å². The Labute approximate surface area is 245 Å². The first-order valence-corrected chi connectivity index (χ1v) is 15.0. The van der Waals surface area contributed by atoms with Gasteiger partial charge >= 0.3 is 0 Å². The highest BCUT2D eigenvalue weighted by atomic mass is 15.2. The first-order chi connectivity index (χ1) is 19.6. The van der Waals surface area contributed by atoms with Gasteiger partial charge in [-0.2, -0.15) is 0 Å². The van der Waals surface area contributed by atoms with Crippen LogP contribution >= 0.6 is 0 Å². The van der Waals surface area contributed by atoms with Crippen molar-refractivity contribution in [2.24, 2.45) is 5.92 Å². The number of fused-ring (bicyclic) bond motifs is 4. The van der Waals surface area contributed by atoms with Crippen LogP contribution in [0.1, 0.15) is 61.9 Å². The zero-order chi connectivity index (χ0) is 28.7. The molecule has 3 aliphatic rings. The Morgan fingerprint density at radius 3 is 2.10 bits per heavy atom. The number of para-hydroxylation sites is 1. The Morgan fingerprint density at radius 2 is 1.34 bits per heavy atom. The number of hydrogen-bond donors (Lipinski definition) is 0. The second kappa shape index (κ2) is 8.98. The molecule has 4 aromatic rings. The average molecular weight is 537 g/mol. The molecule has 0 N–H and O–H groups in total. The number of anilines is 5. The first-order valence-electron chi connectivity index (χ1n) is 15.0. The lowest BCUT2D eigenvalue weighted by atomic mass is 9.60. The van der Waals surface area contributed by atoms with Crippen molar-refractivity contribution >= 4 is 28.4 Å².